The molecule has 0 saturated heterocycles. The smallest absolute Gasteiger partial charge is 0.108 e. The highest BCUT2D eigenvalue weighted by molar-refractivity contribution is 7.54. The molecule has 1 aromatic rings. The molecule has 3 atom stereocenters. The van der Waals surface area contributed by atoms with Gasteiger partial charge >= 0.3 is 0 Å². The van der Waals surface area contributed by atoms with Crippen LogP contribution in [0.3, 0.4) is 0 Å². The summed E-state index contributed by atoms with van der Waals surface area (Å²) in [6, 6.07) is 8.35. The van der Waals surface area contributed by atoms with Crippen LogP contribution in [-0.4, -0.2) is 6.16 Å². The van der Waals surface area contributed by atoms with Gasteiger partial charge in [-0.05, 0) is 40.9 Å². The van der Waals surface area contributed by atoms with E-state index < -0.39 is 7.80 Å². The fourth-order valence-corrected chi connectivity index (χ4v) is 5.53. The third kappa shape index (κ3) is 2.23. The molecule has 106 valence electrons. The lowest BCUT2D eigenvalue weighted by Gasteiger charge is -2.33. The molecule has 0 radical (unpaired) electrons. The van der Waals surface area contributed by atoms with Gasteiger partial charge in [0.05, 0.1) is 0 Å². The Balaban J connectivity index is 2.23. The monoisotopic (exact) mass is 286 g/mol. The normalized spacial score (nSPS) is 29.1. The minimum absolute atomic E-state index is 0.566. The van der Waals surface area contributed by atoms with Gasteiger partial charge in [-0.2, -0.15) is 0 Å². The molecule has 1 nitrogen and oxygen atoms in total. The Bertz CT molecular complexity index is 610. The van der Waals surface area contributed by atoms with Crippen molar-refractivity contribution in [3.63, 3.8) is 0 Å². The number of hydrogen-bond acceptors (Lipinski definition) is 1. The van der Waals surface area contributed by atoms with E-state index in [2.05, 4.69) is 51.1 Å². The molecular formula is C18H23OP. The quantitative estimate of drug-likeness (QED) is 0.694. The van der Waals surface area contributed by atoms with Crippen molar-refractivity contribution in [2.24, 2.45) is 17.8 Å². The molecular weight excluding hydrogens is 263 g/mol. The highest BCUT2D eigenvalue weighted by atomic mass is 31.1. The van der Waals surface area contributed by atoms with Crippen LogP contribution in [0.4, 0.5) is 0 Å². The molecule has 2 heteroatoms. The zero-order valence-electron chi connectivity index (χ0n) is 12.5. The summed E-state index contributed by atoms with van der Waals surface area (Å²) in [6.07, 6.45) is 6.40. The number of allylic oxidation sites excluding steroid dienone is 4. The van der Waals surface area contributed by atoms with Gasteiger partial charge in [-0.15, -0.1) is 0 Å². The molecule has 20 heavy (non-hydrogen) atoms. The van der Waals surface area contributed by atoms with Crippen molar-refractivity contribution in [2.75, 3.05) is 6.16 Å². The van der Waals surface area contributed by atoms with Crippen molar-refractivity contribution < 1.29 is 4.57 Å². The van der Waals surface area contributed by atoms with Gasteiger partial charge in [-0.3, -0.25) is 0 Å². The van der Waals surface area contributed by atoms with Gasteiger partial charge in [-0.25, -0.2) is 0 Å². The molecule has 0 fully saturated rings. The van der Waals surface area contributed by atoms with Crippen LogP contribution >= 0.6 is 7.80 Å². The van der Waals surface area contributed by atoms with E-state index in [1.807, 2.05) is 6.07 Å². The van der Waals surface area contributed by atoms with Gasteiger partial charge in [0.25, 0.3) is 0 Å². The Kier molecular flexibility index (Phi) is 3.73. The molecule has 0 spiro atoms. The average molecular weight is 286 g/mol. The van der Waals surface area contributed by atoms with Gasteiger partial charge in [0, 0.05) is 11.5 Å². The summed E-state index contributed by atoms with van der Waals surface area (Å²) in [5, 5.41) is 1.10. The molecule has 0 amide bonds. The second kappa shape index (κ2) is 5.37. The molecule has 1 aliphatic heterocycles. The Morgan fingerprint density at radius 1 is 1.25 bits per heavy atom. The van der Waals surface area contributed by atoms with Gasteiger partial charge in [0.15, 0.2) is 0 Å². The van der Waals surface area contributed by atoms with E-state index in [-0.39, 0.29) is 0 Å². The van der Waals surface area contributed by atoms with E-state index in [4.69, 9.17) is 0 Å². The predicted octanol–water partition coefficient (Wildman–Crippen LogP) is 4.51. The third-order valence-corrected chi connectivity index (χ3v) is 6.44. The Hall–Kier alpha value is -1.07. The van der Waals surface area contributed by atoms with E-state index in [0.29, 0.717) is 17.8 Å². The first-order valence-corrected chi connectivity index (χ1v) is 9.23. The Labute approximate surface area is 122 Å². The summed E-state index contributed by atoms with van der Waals surface area (Å²) in [5.74, 6) is 1.83. The summed E-state index contributed by atoms with van der Waals surface area (Å²) in [7, 11) is -1.66. The summed E-state index contributed by atoms with van der Waals surface area (Å²) in [6.45, 7) is 6.99. The van der Waals surface area contributed by atoms with E-state index in [0.717, 1.165) is 17.9 Å². The standard InChI is InChI=1S/C18H23OP/c1-12(2)17-13(3)7-6-8-14-11-20(19)16-10-5-4-9-15(16)18(14)17/h4-6,8-10,12-13,17,20H,7,11H2,1-3H3. The molecule has 2 aliphatic rings. The van der Waals surface area contributed by atoms with Gasteiger partial charge in [0.1, 0.15) is 7.80 Å². The molecule has 3 rings (SSSR count). The van der Waals surface area contributed by atoms with Crippen molar-refractivity contribution in [3.05, 3.63) is 47.6 Å². The predicted molar refractivity (Wildman–Crippen MR) is 88.1 cm³/mol. The van der Waals surface area contributed by atoms with Gasteiger partial charge < -0.3 is 4.57 Å². The molecule has 0 bridgehead atoms. The van der Waals surface area contributed by atoms with Crippen LogP contribution in [-0.2, 0) is 4.57 Å². The number of rotatable bonds is 1. The topological polar surface area (TPSA) is 17.1 Å². The molecule has 0 aromatic heterocycles. The van der Waals surface area contributed by atoms with E-state index >= 15 is 0 Å². The highest BCUT2D eigenvalue weighted by Gasteiger charge is 2.33. The number of hydrogen-bond donors (Lipinski definition) is 0. The summed E-state index contributed by atoms with van der Waals surface area (Å²) >= 11 is 0. The minimum Gasteiger partial charge on any atom is -0.322 e. The maximum atomic E-state index is 12.5. The lowest BCUT2D eigenvalue weighted by Crippen LogP contribution is -2.24. The molecule has 0 saturated carbocycles. The van der Waals surface area contributed by atoms with Crippen LogP contribution in [0, 0.1) is 17.8 Å². The van der Waals surface area contributed by atoms with E-state index in [1.165, 1.54) is 16.7 Å². The van der Waals surface area contributed by atoms with Crippen molar-refractivity contribution in [1.82, 2.24) is 0 Å². The molecule has 1 heterocycles. The second-order valence-electron chi connectivity index (χ2n) is 6.47. The van der Waals surface area contributed by atoms with Crippen LogP contribution in [0.1, 0.15) is 32.8 Å². The van der Waals surface area contributed by atoms with Crippen LogP contribution < -0.4 is 5.30 Å². The average Bonchev–Trinajstić information content (AvgIpc) is 2.58. The van der Waals surface area contributed by atoms with Crippen molar-refractivity contribution in [2.45, 2.75) is 27.2 Å². The summed E-state index contributed by atoms with van der Waals surface area (Å²) < 4.78 is 12.5. The fourth-order valence-electron chi connectivity index (χ4n) is 3.89. The molecule has 3 unspecified atom stereocenters. The zero-order valence-corrected chi connectivity index (χ0v) is 13.5. The minimum atomic E-state index is -1.66. The summed E-state index contributed by atoms with van der Waals surface area (Å²) in [5.41, 5.74) is 4.06. The van der Waals surface area contributed by atoms with Crippen LogP contribution in [0.25, 0.3) is 5.57 Å². The maximum Gasteiger partial charge on any atom is 0.108 e. The van der Waals surface area contributed by atoms with Crippen LogP contribution in [0.15, 0.2) is 42.0 Å². The van der Waals surface area contributed by atoms with Crippen molar-refractivity contribution in [3.8, 4) is 0 Å². The number of fused-ring (bicyclic) bond motifs is 2. The molecule has 1 aromatic carbocycles. The van der Waals surface area contributed by atoms with E-state index in [1.54, 1.807) is 0 Å². The first kappa shape index (κ1) is 13.9. The highest BCUT2D eigenvalue weighted by Crippen LogP contribution is 2.46. The van der Waals surface area contributed by atoms with Crippen LogP contribution in [0.2, 0.25) is 0 Å². The Morgan fingerprint density at radius 2 is 2.00 bits per heavy atom. The first-order valence-electron chi connectivity index (χ1n) is 7.61. The molecule has 0 N–H and O–H groups in total. The lowest BCUT2D eigenvalue weighted by atomic mass is 9.74. The van der Waals surface area contributed by atoms with Gasteiger partial charge in [0.2, 0.25) is 0 Å². The lowest BCUT2D eigenvalue weighted by molar-refractivity contribution is 0.349. The van der Waals surface area contributed by atoms with Gasteiger partial charge in [-0.1, -0.05) is 57.2 Å². The zero-order chi connectivity index (χ0) is 14.3. The largest absolute Gasteiger partial charge is 0.322 e. The SMILES string of the molecule is CC(C)C1C2=C(C=CCC1C)C[PH](=O)c1ccccc12. The molecule has 1 aliphatic carbocycles. The van der Waals surface area contributed by atoms with E-state index in [9.17, 15) is 4.57 Å². The Morgan fingerprint density at radius 3 is 2.75 bits per heavy atom. The van der Waals surface area contributed by atoms with Crippen molar-refractivity contribution >= 4 is 18.7 Å². The fraction of sp³-hybridized carbons (Fsp3) is 0.444. The van der Waals surface area contributed by atoms with Crippen molar-refractivity contribution in [1.29, 1.82) is 0 Å². The first-order chi connectivity index (χ1) is 9.59. The summed E-state index contributed by atoms with van der Waals surface area (Å²) in [4.78, 5) is 0. The second-order valence-corrected chi connectivity index (χ2v) is 8.21. The third-order valence-electron chi connectivity index (χ3n) is 4.71. The van der Waals surface area contributed by atoms with Crippen LogP contribution in [0.5, 0.6) is 0 Å². The maximum absolute atomic E-state index is 12.5. The number of benzene rings is 1.